The first-order chi connectivity index (χ1) is 13.5. The maximum atomic E-state index is 11.5. The van der Waals surface area contributed by atoms with Gasteiger partial charge in [0.25, 0.3) is 0 Å². The molecule has 3 N–H and O–H groups in total. The highest BCUT2D eigenvalue weighted by Crippen LogP contribution is 2.20. The SMILES string of the molecule is CN=C(NCc1ccc(N2CCNC(=O)C2)cc1)NCc1ccc(Cl)cc1Cl.I. The van der Waals surface area contributed by atoms with Crippen molar-refractivity contribution in [2.24, 2.45) is 4.99 Å². The molecule has 2 aromatic carbocycles. The monoisotopic (exact) mass is 547 g/mol. The minimum Gasteiger partial charge on any atom is -0.360 e. The van der Waals surface area contributed by atoms with Crippen molar-refractivity contribution in [2.45, 2.75) is 13.1 Å². The molecule has 0 atom stereocenters. The Hall–Kier alpha value is -1.71. The quantitative estimate of drug-likeness (QED) is 0.305. The van der Waals surface area contributed by atoms with Gasteiger partial charge in [-0.25, -0.2) is 0 Å². The molecule has 1 saturated heterocycles. The summed E-state index contributed by atoms with van der Waals surface area (Å²) < 4.78 is 0. The van der Waals surface area contributed by atoms with E-state index in [1.54, 1.807) is 13.1 Å². The van der Waals surface area contributed by atoms with E-state index in [1.807, 2.05) is 24.3 Å². The normalized spacial score (nSPS) is 14.1. The number of rotatable bonds is 5. The Labute approximate surface area is 198 Å². The Morgan fingerprint density at radius 2 is 1.86 bits per heavy atom. The van der Waals surface area contributed by atoms with Crippen molar-refractivity contribution in [3.63, 3.8) is 0 Å². The standard InChI is InChI=1S/C20H23Cl2N5O.HI/c1-23-20(26-12-15-4-5-16(21)10-18(15)22)25-11-14-2-6-17(7-3-14)27-9-8-24-19(28)13-27;/h2-7,10H,8-9,11-13H2,1H3,(H,24,28)(H2,23,25,26);1H. The minimum atomic E-state index is 0. The number of nitrogens with zero attached hydrogens (tertiary/aromatic N) is 2. The third-order valence-corrected chi connectivity index (χ3v) is 5.07. The van der Waals surface area contributed by atoms with Gasteiger partial charge in [-0.05, 0) is 35.4 Å². The fraction of sp³-hybridized carbons (Fsp3) is 0.300. The van der Waals surface area contributed by atoms with E-state index >= 15 is 0 Å². The summed E-state index contributed by atoms with van der Waals surface area (Å²) in [6, 6.07) is 13.6. The number of hydrogen-bond acceptors (Lipinski definition) is 3. The number of anilines is 1. The molecule has 1 amide bonds. The molecular formula is C20H24Cl2IN5O. The number of amides is 1. The zero-order valence-corrected chi connectivity index (χ0v) is 19.9. The summed E-state index contributed by atoms with van der Waals surface area (Å²) in [4.78, 5) is 17.8. The summed E-state index contributed by atoms with van der Waals surface area (Å²) in [7, 11) is 1.73. The molecule has 1 heterocycles. The Morgan fingerprint density at radius 3 is 2.52 bits per heavy atom. The maximum absolute atomic E-state index is 11.5. The van der Waals surface area contributed by atoms with Crippen LogP contribution in [0.1, 0.15) is 11.1 Å². The van der Waals surface area contributed by atoms with E-state index < -0.39 is 0 Å². The summed E-state index contributed by atoms with van der Waals surface area (Å²) >= 11 is 12.1. The number of carbonyl (C=O) groups excluding carboxylic acids is 1. The van der Waals surface area contributed by atoms with Crippen molar-refractivity contribution in [3.8, 4) is 0 Å². The van der Waals surface area contributed by atoms with Crippen LogP contribution in [0.5, 0.6) is 0 Å². The molecule has 29 heavy (non-hydrogen) atoms. The summed E-state index contributed by atoms with van der Waals surface area (Å²) in [5.74, 6) is 0.746. The summed E-state index contributed by atoms with van der Waals surface area (Å²) in [5, 5.41) is 10.6. The van der Waals surface area contributed by atoms with Crippen LogP contribution in [0.25, 0.3) is 0 Å². The molecule has 2 aromatic rings. The van der Waals surface area contributed by atoms with E-state index in [9.17, 15) is 4.79 Å². The number of halogens is 3. The highest BCUT2D eigenvalue weighted by Gasteiger charge is 2.16. The van der Waals surface area contributed by atoms with E-state index in [4.69, 9.17) is 23.2 Å². The van der Waals surface area contributed by atoms with Gasteiger partial charge in [-0.2, -0.15) is 0 Å². The average molecular weight is 548 g/mol. The summed E-state index contributed by atoms with van der Waals surface area (Å²) in [5.41, 5.74) is 3.13. The van der Waals surface area contributed by atoms with Gasteiger partial charge in [0.05, 0.1) is 6.54 Å². The predicted octanol–water partition coefficient (Wildman–Crippen LogP) is 3.41. The molecule has 6 nitrogen and oxygen atoms in total. The van der Waals surface area contributed by atoms with Crippen LogP contribution in [0.3, 0.4) is 0 Å². The second-order valence-electron chi connectivity index (χ2n) is 6.45. The first-order valence-corrected chi connectivity index (χ1v) is 9.80. The highest BCUT2D eigenvalue weighted by atomic mass is 127. The van der Waals surface area contributed by atoms with Gasteiger partial charge in [0.2, 0.25) is 5.91 Å². The van der Waals surface area contributed by atoms with Crippen LogP contribution in [0, 0.1) is 0 Å². The predicted molar refractivity (Wildman–Crippen MR) is 131 cm³/mol. The fourth-order valence-corrected chi connectivity index (χ4v) is 3.41. The van der Waals surface area contributed by atoms with Crippen molar-refractivity contribution in [3.05, 3.63) is 63.6 Å². The van der Waals surface area contributed by atoms with E-state index in [-0.39, 0.29) is 29.9 Å². The van der Waals surface area contributed by atoms with Gasteiger partial charge >= 0.3 is 0 Å². The topological polar surface area (TPSA) is 68.8 Å². The van der Waals surface area contributed by atoms with E-state index in [2.05, 4.69) is 38.0 Å². The smallest absolute Gasteiger partial charge is 0.239 e. The zero-order valence-electron chi connectivity index (χ0n) is 16.0. The summed E-state index contributed by atoms with van der Waals surface area (Å²) in [6.45, 7) is 3.09. The van der Waals surface area contributed by atoms with Gasteiger partial charge in [0, 0.05) is 49.0 Å². The molecule has 3 rings (SSSR count). The van der Waals surface area contributed by atoms with Crippen LogP contribution in [0.15, 0.2) is 47.5 Å². The first kappa shape index (κ1) is 23.6. The van der Waals surface area contributed by atoms with Gasteiger partial charge < -0.3 is 20.9 Å². The number of piperazine rings is 1. The van der Waals surface area contributed by atoms with Crippen LogP contribution < -0.4 is 20.9 Å². The maximum Gasteiger partial charge on any atom is 0.239 e. The van der Waals surface area contributed by atoms with Crippen molar-refractivity contribution in [1.82, 2.24) is 16.0 Å². The third-order valence-electron chi connectivity index (χ3n) is 4.48. The lowest BCUT2D eigenvalue weighted by Gasteiger charge is -2.28. The molecule has 0 unspecified atom stereocenters. The molecule has 1 fully saturated rings. The van der Waals surface area contributed by atoms with Crippen molar-refractivity contribution >= 4 is 64.7 Å². The minimum absolute atomic E-state index is 0. The first-order valence-electron chi connectivity index (χ1n) is 9.04. The van der Waals surface area contributed by atoms with Gasteiger partial charge in [0.15, 0.2) is 5.96 Å². The molecule has 0 saturated carbocycles. The van der Waals surface area contributed by atoms with Crippen LogP contribution >= 0.6 is 47.2 Å². The Bertz CT molecular complexity index is 860. The molecule has 1 aliphatic rings. The lowest BCUT2D eigenvalue weighted by molar-refractivity contribution is -0.120. The molecule has 0 spiro atoms. The Kier molecular flexibility index (Phi) is 9.32. The molecule has 0 bridgehead atoms. The molecule has 0 radical (unpaired) electrons. The number of carbonyl (C=O) groups is 1. The van der Waals surface area contributed by atoms with E-state index in [0.29, 0.717) is 42.2 Å². The van der Waals surface area contributed by atoms with E-state index in [0.717, 1.165) is 23.4 Å². The number of benzene rings is 2. The van der Waals surface area contributed by atoms with Crippen molar-refractivity contribution in [1.29, 1.82) is 0 Å². The molecule has 1 aliphatic heterocycles. The largest absolute Gasteiger partial charge is 0.360 e. The molecule has 0 aromatic heterocycles. The van der Waals surface area contributed by atoms with Crippen LogP contribution in [-0.4, -0.2) is 38.5 Å². The lowest BCUT2D eigenvalue weighted by Crippen LogP contribution is -2.47. The molecule has 156 valence electrons. The molecular weight excluding hydrogens is 524 g/mol. The number of aliphatic imine (C=N–C) groups is 1. The molecule has 9 heteroatoms. The van der Waals surface area contributed by atoms with Gasteiger partial charge in [-0.15, -0.1) is 24.0 Å². The molecule has 0 aliphatic carbocycles. The highest BCUT2D eigenvalue weighted by molar-refractivity contribution is 14.0. The summed E-state index contributed by atoms with van der Waals surface area (Å²) in [6.07, 6.45) is 0. The number of hydrogen-bond donors (Lipinski definition) is 3. The lowest BCUT2D eigenvalue weighted by atomic mass is 10.2. The number of guanidine groups is 1. The van der Waals surface area contributed by atoms with Crippen LogP contribution in [0.2, 0.25) is 10.0 Å². The zero-order chi connectivity index (χ0) is 19.9. The Morgan fingerprint density at radius 1 is 1.14 bits per heavy atom. The van der Waals surface area contributed by atoms with Crippen LogP contribution in [-0.2, 0) is 17.9 Å². The Balaban J connectivity index is 0.00000300. The average Bonchev–Trinajstić information content (AvgIpc) is 2.70. The van der Waals surface area contributed by atoms with Crippen molar-refractivity contribution in [2.75, 3.05) is 31.6 Å². The van der Waals surface area contributed by atoms with E-state index in [1.165, 1.54) is 0 Å². The fourth-order valence-electron chi connectivity index (χ4n) is 2.93. The second-order valence-corrected chi connectivity index (χ2v) is 7.30. The second kappa shape index (κ2) is 11.5. The van der Waals surface area contributed by atoms with Crippen molar-refractivity contribution < 1.29 is 4.79 Å². The van der Waals surface area contributed by atoms with Gasteiger partial charge in [-0.3, -0.25) is 9.79 Å². The third kappa shape index (κ3) is 6.94. The number of nitrogens with one attached hydrogen (secondary N) is 3. The van der Waals surface area contributed by atoms with Gasteiger partial charge in [0.1, 0.15) is 0 Å². The van der Waals surface area contributed by atoms with Gasteiger partial charge in [-0.1, -0.05) is 41.4 Å². The van der Waals surface area contributed by atoms with Crippen LogP contribution in [0.4, 0.5) is 5.69 Å².